The van der Waals surface area contributed by atoms with Crippen LogP contribution in [0.2, 0.25) is 0 Å². The zero-order valence-electron chi connectivity index (χ0n) is 13.6. The summed E-state index contributed by atoms with van der Waals surface area (Å²) in [5.41, 5.74) is 0. The number of rotatable bonds is 3. The molecule has 0 aromatic carbocycles. The van der Waals surface area contributed by atoms with Gasteiger partial charge in [-0.05, 0) is 6.42 Å². The van der Waals surface area contributed by atoms with Gasteiger partial charge >= 0.3 is 0 Å². The first-order chi connectivity index (χ1) is 11.7. The fraction of sp³-hybridized carbons (Fsp3) is 0.533. The highest BCUT2D eigenvalue weighted by molar-refractivity contribution is 5.82. The zero-order valence-corrected chi connectivity index (χ0v) is 13.6. The molecule has 126 valence electrons. The largest absolute Gasteiger partial charge is 0.365 e. The smallest absolute Gasteiger partial charge is 0.241 e. The van der Waals surface area contributed by atoms with Gasteiger partial charge in [-0.2, -0.15) is 5.10 Å². The van der Waals surface area contributed by atoms with Crippen LogP contribution in [0, 0.1) is 0 Å². The van der Waals surface area contributed by atoms with Gasteiger partial charge in [0, 0.05) is 38.7 Å². The minimum absolute atomic E-state index is 0.111. The Labute approximate surface area is 139 Å². The summed E-state index contributed by atoms with van der Waals surface area (Å²) in [7, 11) is 1.83. The highest BCUT2D eigenvalue weighted by atomic mass is 16.2. The molecule has 9 heteroatoms. The number of fused-ring (bicyclic) bond motifs is 1. The predicted octanol–water partition coefficient (Wildman–Crippen LogP) is -0.227. The Bertz CT molecular complexity index is 745. The number of likely N-dealkylation sites (N-methyl/N-ethyl adjacent to an activating group) is 1. The second-order valence-corrected chi connectivity index (χ2v) is 6.24. The highest BCUT2D eigenvalue weighted by Crippen LogP contribution is 2.19. The maximum absolute atomic E-state index is 11.9. The van der Waals surface area contributed by atoms with Crippen molar-refractivity contribution in [3.05, 3.63) is 24.5 Å². The molecule has 24 heavy (non-hydrogen) atoms. The van der Waals surface area contributed by atoms with Crippen molar-refractivity contribution in [1.29, 1.82) is 0 Å². The standard InChI is InChI=1S/C15H20N8O/c1-21-4-5-22(8-15(21)24)14-6-12(16-9-17-14)20-11-2-3-13-18-10-19-23(13)7-11/h6,9-11H,2-5,7-8H2,1H3,(H,16,17,20). The van der Waals surface area contributed by atoms with E-state index in [1.165, 1.54) is 0 Å². The van der Waals surface area contributed by atoms with E-state index >= 15 is 0 Å². The fourth-order valence-electron chi connectivity index (χ4n) is 3.12. The van der Waals surface area contributed by atoms with Crippen LogP contribution >= 0.6 is 0 Å². The van der Waals surface area contributed by atoms with Gasteiger partial charge in [0.15, 0.2) is 0 Å². The number of aromatic nitrogens is 5. The monoisotopic (exact) mass is 328 g/mol. The Hall–Kier alpha value is -2.71. The molecular formula is C15H20N8O. The Morgan fingerprint density at radius 3 is 3.00 bits per heavy atom. The number of amides is 1. The van der Waals surface area contributed by atoms with Gasteiger partial charge in [0.1, 0.15) is 30.1 Å². The van der Waals surface area contributed by atoms with Crippen molar-refractivity contribution in [3.63, 3.8) is 0 Å². The van der Waals surface area contributed by atoms with Crippen molar-refractivity contribution in [3.8, 4) is 0 Å². The van der Waals surface area contributed by atoms with Gasteiger partial charge < -0.3 is 15.1 Å². The summed E-state index contributed by atoms with van der Waals surface area (Å²) in [6.45, 7) is 2.63. The molecule has 0 saturated carbocycles. The molecule has 0 radical (unpaired) electrons. The third-order valence-corrected chi connectivity index (χ3v) is 4.59. The van der Waals surface area contributed by atoms with Crippen LogP contribution in [0.4, 0.5) is 11.6 Å². The molecule has 2 aliphatic rings. The molecule has 1 atom stereocenters. The van der Waals surface area contributed by atoms with Crippen LogP contribution in [0.5, 0.6) is 0 Å². The minimum Gasteiger partial charge on any atom is -0.365 e. The van der Waals surface area contributed by atoms with Crippen molar-refractivity contribution in [2.75, 3.05) is 36.9 Å². The number of anilines is 2. The summed E-state index contributed by atoms with van der Waals surface area (Å²) < 4.78 is 1.93. The lowest BCUT2D eigenvalue weighted by Crippen LogP contribution is -2.48. The van der Waals surface area contributed by atoms with E-state index in [1.807, 2.05) is 22.7 Å². The summed E-state index contributed by atoms with van der Waals surface area (Å²) in [6, 6.07) is 2.17. The quantitative estimate of drug-likeness (QED) is 0.832. The number of carbonyl (C=O) groups excluding carboxylic acids is 1. The average molecular weight is 328 g/mol. The minimum atomic E-state index is 0.111. The van der Waals surface area contributed by atoms with Crippen LogP contribution in [0.1, 0.15) is 12.2 Å². The Morgan fingerprint density at radius 2 is 2.12 bits per heavy atom. The number of aryl methyl sites for hydroxylation is 1. The number of piperazine rings is 1. The normalized spacial score (nSPS) is 20.9. The van der Waals surface area contributed by atoms with Gasteiger partial charge in [-0.1, -0.05) is 0 Å². The van der Waals surface area contributed by atoms with Gasteiger partial charge in [-0.15, -0.1) is 0 Å². The number of nitrogens with zero attached hydrogens (tertiary/aromatic N) is 7. The van der Waals surface area contributed by atoms with Crippen LogP contribution in [0.25, 0.3) is 0 Å². The van der Waals surface area contributed by atoms with Gasteiger partial charge in [-0.25, -0.2) is 19.6 Å². The molecule has 0 aliphatic carbocycles. The second kappa shape index (κ2) is 6.06. The van der Waals surface area contributed by atoms with E-state index in [4.69, 9.17) is 0 Å². The zero-order chi connectivity index (χ0) is 16.5. The summed E-state index contributed by atoms with van der Waals surface area (Å²) in [4.78, 5) is 28.5. The molecule has 1 saturated heterocycles. The summed E-state index contributed by atoms with van der Waals surface area (Å²) in [5.74, 6) is 2.71. The molecule has 1 N–H and O–H groups in total. The molecule has 9 nitrogen and oxygen atoms in total. The molecule has 2 aromatic heterocycles. The van der Waals surface area contributed by atoms with Crippen LogP contribution in [-0.4, -0.2) is 68.3 Å². The number of hydrogen-bond acceptors (Lipinski definition) is 7. The summed E-state index contributed by atoms with van der Waals surface area (Å²) in [5, 5.41) is 7.69. The molecule has 2 aliphatic heterocycles. The van der Waals surface area contributed by atoms with Crippen LogP contribution < -0.4 is 10.2 Å². The van der Waals surface area contributed by atoms with Crippen molar-refractivity contribution < 1.29 is 4.79 Å². The van der Waals surface area contributed by atoms with Crippen LogP contribution in [0.3, 0.4) is 0 Å². The van der Waals surface area contributed by atoms with Gasteiger partial charge in [-0.3, -0.25) is 4.79 Å². The second-order valence-electron chi connectivity index (χ2n) is 6.24. The first-order valence-corrected chi connectivity index (χ1v) is 8.13. The number of hydrogen-bond donors (Lipinski definition) is 1. The highest BCUT2D eigenvalue weighted by Gasteiger charge is 2.23. The van der Waals surface area contributed by atoms with E-state index in [0.29, 0.717) is 13.1 Å². The Balaban J connectivity index is 1.44. The van der Waals surface area contributed by atoms with Crippen LogP contribution in [-0.2, 0) is 17.8 Å². The number of carbonyl (C=O) groups is 1. The maximum atomic E-state index is 11.9. The molecule has 4 heterocycles. The lowest BCUT2D eigenvalue weighted by molar-refractivity contribution is -0.129. The lowest BCUT2D eigenvalue weighted by atomic mass is 10.1. The molecular weight excluding hydrogens is 308 g/mol. The first kappa shape index (κ1) is 14.9. The Kier molecular flexibility index (Phi) is 3.75. The molecule has 2 aromatic rings. The van der Waals surface area contributed by atoms with E-state index in [1.54, 1.807) is 17.6 Å². The first-order valence-electron chi connectivity index (χ1n) is 8.13. The SMILES string of the molecule is CN1CCN(c2cc(NC3CCc4ncnn4C3)ncn2)CC1=O. The molecule has 1 fully saturated rings. The van der Waals surface area contributed by atoms with E-state index in [0.717, 1.165) is 43.4 Å². The number of nitrogens with one attached hydrogen (secondary N) is 1. The van der Waals surface area contributed by atoms with Crippen molar-refractivity contribution in [2.45, 2.75) is 25.4 Å². The third-order valence-electron chi connectivity index (χ3n) is 4.59. The fourth-order valence-corrected chi connectivity index (χ4v) is 3.12. The van der Waals surface area contributed by atoms with Crippen molar-refractivity contribution >= 4 is 17.5 Å². The molecule has 0 bridgehead atoms. The van der Waals surface area contributed by atoms with E-state index < -0.39 is 0 Å². The van der Waals surface area contributed by atoms with E-state index in [-0.39, 0.29) is 11.9 Å². The van der Waals surface area contributed by atoms with Crippen molar-refractivity contribution in [1.82, 2.24) is 29.6 Å². The molecule has 0 spiro atoms. The van der Waals surface area contributed by atoms with Gasteiger partial charge in [0.2, 0.25) is 5.91 Å². The van der Waals surface area contributed by atoms with Gasteiger partial charge in [0.05, 0.1) is 13.1 Å². The van der Waals surface area contributed by atoms with E-state index in [9.17, 15) is 4.79 Å². The maximum Gasteiger partial charge on any atom is 0.241 e. The molecule has 4 rings (SSSR count). The third kappa shape index (κ3) is 2.89. The van der Waals surface area contributed by atoms with E-state index in [2.05, 4.69) is 25.4 Å². The average Bonchev–Trinajstić information content (AvgIpc) is 3.05. The summed E-state index contributed by atoms with van der Waals surface area (Å²) in [6.07, 6.45) is 5.04. The Morgan fingerprint density at radius 1 is 1.21 bits per heavy atom. The summed E-state index contributed by atoms with van der Waals surface area (Å²) >= 11 is 0. The van der Waals surface area contributed by atoms with Gasteiger partial charge in [0.25, 0.3) is 0 Å². The van der Waals surface area contributed by atoms with Crippen LogP contribution in [0.15, 0.2) is 18.7 Å². The topological polar surface area (TPSA) is 92.1 Å². The lowest BCUT2D eigenvalue weighted by Gasteiger charge is -2.32. The van der Waals surface area contributed by atoms with Crippen molar-refractivity contribution in [2.24, 2.45) is 0 Å². The molecule has 1 amide bonds. The molecule has 1 unspecified atom stereocenters. The predicted molar refractivity (Wildman–Crippen MR) is 87.6 cm³/mol.